The highest BCUT2D eigenvalue weighted by atomic mass is 16.3. The van der Waals surface area contributed by atoms with Gasteiger partial charge in [-0.15, -0.1) is 0 Å². The first-order valence-electron chi connectivity index (χ1n) is 11.0. The zero-order valence-corrected chi connectivity index (χ0v) is 16.7. The largest absolute Gasteiger partial charge is 0.393 e. The smallest absolute Gasteiger partial charge is 0.155 e. The number of aliphatic hydroxyl groups is 1. The summed E-state index contributed by atoms with van der Waals surface area (Å²) in [5.41, 5.74) is 4.26. The molecule has 1 aromatic carbocycles. The molecule has 0 heterocycles. The first-order valence-corrected chi connectivity index (χ1v) is 11.0. The zero-order valence-electron chi connectivity index (χ0n) is 16.7. The third-order valence-corrected chi connectivity index (χ3v) is 8.76. The van der Waals surface area contributed by atoms with Crippen LogP contribution in [0.15, 0.2) is 35.9 Å². The Morgan fingerprint density at radius 2 is 1.78 bits per heavy atom. The minimum atomic E-state index is -0.152. The van der Waals surface area contributed by atoms with Crippen molar-refractivity contribution in [2.45, 2.75) is 70.8 Å². The fourth-order valence-electron chi connectivity index (χ4n) is 7.44. The van der Waals surface area contributed by atoms with Crippen LogP contribution >= 0.6 is 0 Å². The second-order valence-electron chi connectivity index (χ2n) is 10.0. The fourth-order valence-corrected chi connectivity index (χ4v) is 7.44. The van der Waals surface area contributed by atoms with E-state index in [1.165, 1.54) is 29.5 Å². The molecule has 1 aromatic rings. The second kappa shape index (κ2) is 6.30. The van der Waals surface area contributed by atoms with Crippen molar-refractivity contribution in [1.82, 2.24) is 0 Å². The lowest BCUT2D eigenvalue weighted by atomic mass is 9.48. The summed E-state index contributed by atoms with van der Waals surface area (Å²) in [7, 11) is 0. The maximum atomic E-state index is 12.0. The topological polar surface area (TPSA) is 37.3 Å². The van der Waals surface area contributed by atoms with Crippen LogP contribution in [0.1, 0.15) is 68.9 Å². The molecule has 1 N–H and O–H groups in total. The average molecular weight is 365 g/mol. The number of allylic oxidation sites excluding steroid dienone is 1. The van der Waals surface area contributed by atoms with Crippen molar-refractivity contribution in [3.63, 3.8) is 0 Å². The number of aliphatic hydroxyl groups excluding tert-OH is 1. The van der Waals surface area contributed by atoms with Gasteiger partial charge in [-0.1, -0.05) is 42.3 Å². The molecule has 7 atom stereocenters. The van der Waals surface area contributed by atoms with Crippen LogP contribution in [0.4, 0.5) is 0 Å². The maximum Gasteiger partial charge on any atom is 0.155 e. The average Bonchev–Trinajstić information content (AvgIpc) is 2.96. The molecule has 0 radical (unpaired) electrons. The number of hydrogen-bond donors (Lipinski definition) is 1. The van der Waals surface area contributed by atoms with Crippen LogP contribution in [-0.2, 0) is 4.79 Å². The summed E-state index contributed by atoms with van der Waals surface area (Å²) in [5.74, 6) is 3.41. The second-order valence-corrected chi connectivity index (χ2v) is 10.0. The predicted octanol–water partition coefficient (Wildman–Crippen LogP) is 5.19. The van der Waals surface area contributed by atoms with Crippen molar-refractivity contribution in [2.24, 2.45) is 29.1 Å². The van der Waals surface area contributed by atoms with Crippen molar-refractivity contribution < 1.29 is 9.90 Å². The fraction of sp³-hybridized carbons (Fsp3) is 0.640. The number of benzene rings is 1. The van der Waals surface area contributed by atoms with Gasteiger partial charge in [0.25, 0.3) is 0 Å². The van der Waals surface area contributed by atoms with Crippen molar-refractivity contribution in [3.8, 4) is 0 Å². The standard InChI is InChI=1S/C25H32O2/c1-15-3-5-16(6-4-15)21-14-25(2)22(11-12-23(25)27)20-9-7-17-13-18(26)8-10-19(17)24(20)21/h3-6,13,19-24,27H,7-12,14H2,1-2H3. The van der Waals surface area contributed by atoms with E-state index in [-0.39, 0.29) is 11.5 Å². The molecule has 5 rings (SSSR count). The Morgan fingerprint density at radius 1 is 1.00 bits per heavy atom. The monoisotopic (exact) mass is 364 g/mol. The zero-order chi connectivity index (χ0) is 18.8. The van der Waals surface area contributed by atoms with E-state index in [1.54, 1.807) is 0 Å². The number of carbonyl (C=O) groups excluding carboxylic acids is 1. The molecule has 3 saturated carbocycles. The number of carbonyl (C=O) groups is 1. The molecule has 0 aliphatic heterocycles. The molecule has 2 nitrogen and oxygen atoms in total. The van der Waals surface area contributed by atoms with Crippen LogP contribution < -0.4 is 0 Å². The van der Waals surface area contributed by atoms with Gasteiger partial charge in [0.05, 0.1) is 6.10 Å². The summed E-state index contributed by atoms with van der Waals surface area (Å²) in [6.07, 6.45) is 9.16. The molecule has 0 spiro atoms. The van der Waals surface area contributed by atoms with Gasteiger partial charge in [0.2, 0.25) is 0 Å². The summed E-state index contributed by atoms with van der Waals surface area (Å²) in [4.78, 5) is 12.0. The molecule has 2 heteroatoms. The molecule has 0 bridgehead atoms. The Bertz CT molecular complexity index is 776. The molecule has 7 unspecified atom stereocenters. The van der Waals surface area contributed by atoms with Crippen molar-refractivity contribution >= 4 is 5.78 Å². The van der Waals surface area contributed by atoms with E-state index in [1.807, 2.05) is 6.08 Å². The Labute approximate surface area is 163 Å². The summed E-state index contributed by atoms with van der Waals surface area (Å²) in [6.45, 7) is 4.52. The molecule has 0 saturated heterocycles. The molecule has 27 heavy (non-hydrogen) atoms. The highest BCUT2D eigenvalue weighted by Crippen LogP contribution is 2.65. The quantitative estimate of drug-likeness (QED) is 0.744. The van der Waals surface area contributed by atoms with Gasteiger partial charge in [-0.3, -0.25) is 4.79 Å². The molecule has 4 aliphatic rings. The van der Waals surface area contributed by atoms with Gasteiger partial charge >= 0.3 is 0 Å². The predicted molar refractivity (Wildman–Crippen MR) is 107 cm³/mol. The van der Waals surface area contributed by atoms with Gasteiger partial charge in [-0.05, 0) is 92.1 Å². The number of ketones is 1. The number of hydrogen-bond acceptors (Lipinski definition) is 2. The molecular weight excluding hydrogens is 332 g/mol. The van der Waals surface area contributed by atoms with Crippen LogP contribution in [0.25, 0.3) is 0 Å². The van der Waals surface area contributed by atoms with Crippen LogP contribution in [0.3, 0.4) is 0 Å². The SMILES string of the molecule is Cc1ccc(C2CC3(C)C(O)CCC3C3CCC4=CC(=O)CCC4C23)cc1. The first kappa shape index (κ1) is 17.7. The summed E-state index contributed by atoms with van der Waals surface area (Å²) < 4.78 is 0. The van der Waals surface area contributed by atoms with E-state index in [0.29, 0.717) is 35.4 Å². The van der Waals surface area contributed by atoms with Gasteiger partial charge in [0.1, 0.15) is 0 Å². The summed E-state index contributed by atoms with van der Waals surface area (Å²) in [5, 5.41) is 10.9. The van der Waals surface area contributed by atoms with Crippen molar-refractivity contribution in [3.05, 3.63) is 47.0 Å². The number of rotatable bonds is 1. The lowest BCUT2D eigenvalue weighted by Gasteiger charge is -2.57. The third kappa shape index (κ3) is 2.67. The molecule has 0 aromatic heterocycles. The lowest BCUT2D eigenvalue weighted by Crippen LogP contribution is -2.50. The minimum absolute atomic E-state index is 0.0580. The molecule has 0 amide bonds. The first-order chi connectivity index (χ1) is 13.0. The van der Waals surface area contributed by atoms with Gasteiger partial charge in [-0.2, -0.15) is 0 Å². The Morgan fingerprint density at radius 3 is 2.56 bits per heavy atom. The minimum Gasteiger partial charge on any atom is -0.393 e. The normalized spacial score (nSPS) is 43.5. The number of fused-ring (bicyclic) bond motifs is 5. The van der Waals surface area contributed by atoms with Gasteiger partial charge in [0, 0.05) is 6.42 Å². The molecule has 144 valence electrons. The van der Waals surface area contributed by atoms with Crippen molar-refractivity contribution in [2.75, 3.05) is 0 Å². The van der Waals surface area contributed by atoms with Crippen LogP contribution in [0, 0.1) is 36.0 Å². The third-order valence-electron chi connectivity index (χ3n) is 8.76. The summed E-state index contributed by atoms with van der Waals surface area (Å²) >= 11 is 0. The van der Waals surface area contributed by atoms with Crippen LogP contribution in [0.5, 0.6) is 0 Å². The Balaban J connectivity index is 1.59. The van der Waals surface area contributed by atoms with E-state index >= 15 is 0 Å². The van der Waals surface area contributed by atoms with Crippen LogP contribution in [-0.4, -0.2) is 17.0 Å². The van der Waals surface area contributed by atoms with E-state index in [9.17, 15) is 9.90 Å². The van der Waals surface area contributed by atoms with Gasteiger partial charge in [0.15, 0.2) is 5.78 Å². The molecule has 4 aliphatic carbocycles. The Kier molecular flexibility index (Phi) is 4.13. The number of aryl methyl sites for hydroxylation is 1. The van der Waals surface area contributed by atoms with Gasteiger partial charge < -0.3 is 5.11 Å². The maximum absolute atomic E-state index is 12.0. The van der Waals surface area contributed by atoms with E-state index in [0.717, 1.165) is 32.1 Å². The lowest BCUT2D eigenvalue weighted by molar-refractivity contribution is -0.116. The van der Waals surface area contributed by atoms with Crippen molar-refractivity contribution in [1.29, 1.82) is 0 Å². The molecule has 3 fully saturated rings. The summed E-state index contributed by atoms with van der Waals surface area (Å²) in [6, 6.07) is 9.14. The highest BCUT2D eigenvalue weighted by Gasteiger charge is 2.59. The van der Waals surface area contributed by atoms with E-state index in [2.05, 4.69) is 38.1 Å². The Hall–Kier alpha value is -1.41. The van der Waals surface area contributed by atoms with Crippen LogP contribution in [0.2, 0.25) is 0 Å². The van der Waals surface area contributed by atoms with Gasteiger partial charge in [-0.25, -0.2) is 0 Å². The molecular formula is C25H32O2. The van der Waals surface area contributed by atoms with E-state index in [4.69, 9.17) is 0 Å². The van der Waals surface area contributed by atoms with E-state index < -0.39 is 0 Å². The highest BCUT2D eigenvalue weighted by molar-refractivity contribution is 5.91.